The lowest BCUT2D eigenvalue weighted by Crippen LogP contribution is -2.12. The van der Waals surface area contributed by atoms with Crippen molar-refractivity contribution in [2.75, 3.05) is 0 Å². The fourth-order valence-electron chi connectivity index (χ4n) is 1.85. The maximum Gasteiger partial charge on any atom is 0.306 e. The van der Waals surface area contributed by atoms with Crippen LogP contribution < -0.4 is 0 Å². The first kappa shape index (κ1) is 10.6. The van der Waals surface area contributed by atoms with E-state index in [0.717, 1.165) is 11.8 Å². The van der Waals surface area contributed by atoms with Gasteiger partial charge in [0.25, 0.3) is 0 Å². The van der Waals surface area contributed by atoms with E-state index in [1.807, 2.05) is 13.8 Å². The molecule has 1 aliphatic carbocycles. The first-order valence-electron chi connectivity index (χ1n) is 5.20. The van der Waals surface area contributed by atoms with Crippen molar-refractivity contribution < 1.29 is 9.53 Å². The number of hydrogen-bond acceptors (Lipinski definition) is 2. The van der Waals surface area contributed by atoms with Crippen molar-refractivity contribution in [3.05, 3.63) is 0 Å². The molecule has 1 aliphatic rings. The van der Waals surface area contributed by atoms with Crippen molar-refractivity contribution >= 4 is 5.97 Å². The lowest BCUT2D eigenvalue weighted by molar-refractivity contribution is -0.147. The van der Waals surface area contributed by atoms with Gasteiger partial charge in [-0.2, -0.15) is 0 Å². The minimum absolute atomic E-state index is 0.0249. The SMILES string of the molecule is CC(C)OC(=O)CC1CC1C(C)C. The summed E-state index contributed by atoms with van der Waals surface area (Å²) in [4.78, 5) is 11.2. The minimum atomic E-state index is -0.0249. The van der Waals surface area contributed by atoms with Gasteiger partial charge in [0.1, 0.15) is 0 Å². The van der Waals surface area contributed by atoms with E-state index >= 15 is 0 Å². The highest BCUT2D eigenvalue weighted by atomic mass is 16.5. The first-order valence-corrected chi connectivity index (χ1v) is 5.20. The third-order valence-corrected chi connectivity index (χ3v) is 2.63. The molecule has 1 saturated carbocycles. The Morgan fingerprint density at radius 3 is 2.38 bits per heavy atom. The maximum atomic E-state index is 11.2. The van der Waals surface area contributed by atoms with Gasteiger partial charge in [0.2, 0.25) is 0 Å². The third kappa shape index (κ3) is 3.37. The van der Waals surface area contributed by atoms with Crippen molar-refractivity contribution in [3.8, 4) is 0 Å². The topological polar surface area (TPSA) is 26.3 Å². The molecule has 0 aromatic heterocycles. The van der Waals surface area contributed by atoms with Gasteiger partial charge in [-0.3, -0.25) is 4.79 Å². The predicted molar refractivity (Wildman–Crippen MR) is 52.3 cm³/mol. The van der Waals surface area contributed by atoms with Crippen molar-refractivity contribution in [1.29, 1.82) is 0 Å². The molecule has 0 radical (unpaired) electrons. The van der Waals surface area contributed by atoms with Crippen LogP contribution in [0.3, 0.4) is 0 Å². The molecule has 0 spiro atoms. The van der Waals surface area contributed by atoms with Crippen LogP contribution in [0.1, 0.15) is 40.5 Å². The maximum absolute atomic E-state index is 11.2. The van der Waals surface area contributed by atoms with E-state index in [1.165, 1.54) is 6.42 Å². The normalized spacial score (nSPS) is 26.6. The van der Waals surface area contributed by atoms with Crippen LogP contribution in [0.4, 0.5) is 0 Å². The molecule has 2 heteroatoms. The number of carbonyl (C=O) groups excluding carboxylic acids is 1. The Labute approximate surface area is 80.7 Å². The van der Waals surface area contributed by atoms with Gasteiger partial charge in [0.15, 0.2) is 0 Å². The summed E-state index contributed by atoms with van der Waals surface area (Å²) < 4.78 is 5.09. The second kappa shape index (κ2) is 4.12. The molecule has 76 valence electrons. The molecule has 2 unspecified atom stereocenters. The van der Waals surface area contributed by atoms with E-state index < -0.39 is 0 Å². The van der Waals surface area contributed by atoms with Crippen LogP contribution >= 0.6 is 0 Å². The van der Waals surface area contributed by atoms with Gasteiger partial charge in [-0.15, -0.1) is 0 Å². The van der Waals surface area contributed by atoms with Crippen molar-refractivity contribution in [2.24, 2.45) is 17.8 Å². The second-order valence-corrected chi connectivity index (χ2v) is 4.65. The summed E-state index contributed by atoms with van der Waals surface area (Å²) in [5.41, 5.74) is 0. The van der Waals surface area contributed by atoms with E-state index in [0.29, 0.717) is 12.3 Å². The average molecular weight is 184 g/mol. The highest BCUT2D eigenvalue weighted by Crippen LogP contribution is 2.46. The van der Waals surface area contributed by atoms with E-state index in [9.17, 15) is 4.79 Å². The molecule has 0 bridgehead atoms. The zero-order valence-electron chi connectivity index (χ0n) is 9.04. The highest BCUT2D eigenvalue weighted by Gasteiger charge is 2.40. The summed E-state index contributed by atoms with van der Waals surface area (Å²) >= 11 is 0. The van der Waals surface area contributed by atoms with Gasteiger partial charge in [-0.05, 0) is 38.0 Å². The number of hydrogen-bond donors (Lipinski definition) is 0. The van der Waals surface area contributed by atoms with Gasteiger partial charge >= 0.3 is 5.97 Å². The predicted octanol–water partition coefficient (Wildman–Crippen LogP) is 2.62. The van der Waals surface area contributed by atoms with Gasteiger partial charge in [0, 0.05) is 6.42 Å². The van der Waals surface area contributed by atoms with Crippen molar-refractivity contribution in [3.63, 3.8) is 0 Å². The minimum Gasteiger partial charge on any atom is -0.463 e. The lowest BCUT2D eigenvalue weighted by atomic mass is 10.1. The Kier molecular flexibility index (Phi) is 3.34. The van der Waals surface area contributed by atoms with E-state index in [1.54, 1.807) is 0 Å². The summed E-state index contributed by atoms with van der Waals surface area (Å²) in [5, 5.41) is 0. The molecule has 2 atom stereocenters. The van der Waals surface area contributed by atoms with E-state index in [2.05, 4.69) is 13.8 Å². The Morgan fingerprint density at radius 1 is 1.38 bits per heavy atom. The van der Waals surface area contributed by atoms with Gasteiger partial charge < -0.3 is 4.74 Å². The number of rotatable bonds is 4. The summed E-state index contributed by atoms with van der Waals surface area (Å²) in [5.74, 6) is 2.06. The van der Waals surface area contributed by atoms with Crippen molar-refractivity contribution in [2.45, 2.75) is 46.6 Å². The van der Waals surface area contributed by atoms with Crippen LogP contribution in [0.15, 0.2) is 0 Å². The van der Waals surface area contributed by atoms with Crippen LogP contribution in [-0.2, 0) is 9.53 Å². The first-order chi connectivity index (χ1) is 6.00. The van der Waals surface area contributed by atoms with Crippen molar-refractivity contribution in [1.82, 2.24) is 0 Å². The smallest absolute Gasteiger partial charge is 0.306 e. The average Bonchev–Trinajstić information content (AvgIpc) is 2.64. The third-order valence-electron chi connectivity index (χ3n) is 2.63. The Balaban J connectivity index is 2.17. The van der Waals surface area contributed by atoms with E-state index in [-0.39, 0.29) is 12.1 Å². The zero-order chi connectivity index (χ0) is 10.0. The zero-order valence-corrected chi connectivity index (χ0v) is 9.04. The fraction of sp³-hybridized carbons (Fsp3) is 0.909. The number of ether oxygens (including phenoxy) is 1. The quantitative estimate of drug-likeness (QED) is 0.628. The molecule has 0 aromatic carbocycles. The van der Waals surface area contributed by atoms with Gasteiger partial charge in [-0.1, -0.05) is 13.8 Å². The van der Waals surface area contributed by atoms with Crippen LogP contribution in [-0.4, -0.2) is 12.1 Å². The largest absolute Gasteiger partial charge is 0.463 e. The molecule has 0 aliphatic heterocycles. The van der Waals surface area contributed by atoms with Crippen LogP contribution in [0.25, 0.3) is 0 Å². The molecule has 0 amide bonds. The van der Waals surface area contributed by atoms with Crippen LogP contribution in [0.2, 0.25) is 0 Å². The monoisotopic (exact) mass is 184 g/mol. The molecule has 0 aromatic rings. The molecule has 1 rings (SSSR count). The molecular formula is C11H20O2. The lowest BCUT2D eigenvalue weighted by Gasteiger charge is -2.07. The number of esters is 1. The number of carbonyl (C=O) groups is 1. The summed E-state index contributed by atoms with van der Waals surface area (Å²) in [6.07, 6.45) is 1.87. The summed E-state index contributed by atoms with van der Waals surface area (Å²) in [7, 11) is 0. The molecule has 13 heavy (non-hydrogen) atoms. The van der Waals surface area contributed by atoms with E-state index in [4.69, 9.17) is 4.74 Å². The molecule has 2 nitrogen and oxygen atoms in total. The second-order valence-electron chi connectivity index (χ2n) is 4.65. The Bertz CT molecular complexity index is 185. The molecule has 1 fully saturated rings. The molecule has 0 saturated heterocycles. The molecule has 0 N–H and O–H groups in total. The fourth-order valence-corrected chi connectivity index (χ4v) is 1.85. The van der Waals surface area contributed by atoms with Crippen LogP contribution in [0.5, 0.6) is 0 Å². The summed E-state index contributed by atoms with van der Waals surface area (Å²) in [6, 6.07) is 0. The van der Waals surface area contributed by atoms with Gasteiger partial charge in [-0.25, -0.2) is 0 Å². The molecular weight excluding hydrogens is 164 g/mol. The Hall–Kier alpha value is -0.530. The summed E-state index contributed by atoms with van der Waals surface area (Å²) in [6.45, 7) is 8.23. The highest BCUT2D eigenvalue weighted by molar-refractivity contribution is 5.70. The van der Waals surface area contributed by atoms with Gasteiger partial charge in [0.05, 0.1) is 6.10 Å². The van der Waals surface area contributed by atoms with Crippen LogP contribution in [0, 0.1) is 17.8 Å². The Morgan fingerprint density at radius 2 is 2.00 bits per heavy atom. The molecule has 0 heterocycles. The standard InChI is InChI=1S/C11H20O2/c1-7(2)10-5-9(10)6-11(12)13-8(3)4/h7-10H,5-6H2,1-4H3.